The quantitative estimate of drug-likeness (QED) is 0.0970. The number of rotatable bonds is 13. The molecule has 21 heteroatoms. The van der Waals surface area contributed by atoms with Crippen LogP contribution < -0.4 is 10.6 Å². The van der Waals surface area contributed by atoms with Crippen LogP contribution in [-0.2, 0) is 9.47 Å². The van der Waals surface area contributed by atoms with Gasteiger partial charge in [0.1, 0.15) is 11.2 Å². The van der Waals surface area contributed by atoms with Gasteiger partial charge in [0.05, 0.1) is 12.1 Å². The van der Waals surface area contributed by atoms with Crippen LogP contribution in [0.25, 0.3) is 0 Å². The Kier molecular flexibility index (Phi) is 42.5. The van der Waals surface area contributed by atoms with Gasteiger partial charge < -0.3 is 25.2 Å². The molecule has 7 nitrogen and oxygen atoms in total. The van der Waals surface area contributed by atoms with Gasteiger partial charge in [-0.2, -0.15) is 0 Å². The van der Waals surface area contributed by atoms with Crippen LogP contribution in [0.3, 0.4) is 0 Å². The molecule has 0 radical (unpaired) electrons. The van der Waals surface area contributed by atoms with E-state index in [2.05, 4.69) is 131 Å². The predicted molar refractivity (Wildman–Crippen MR) is 277 cm³/mol. The fourth-order valence-electron chi connectivity index (χ4n) is 3.53. The molecule has 0 aliphatic heterocycles. The first-order chi connectivity index (χ1) is 22.7. The first-order valence-electron chi connectivity index (χ1n) is 15.8. The predicted octanol–water partition coefficient (Wildman–Crippen LogP) is 14.3. The first-order valence-corrected chi connectivity index (χ1v) is 38.8. The highest BCUT2D eigenvalue weighted by Gasteiger charge is 2.25. The van der Waals surface area contributed by atoms with Gasteiger partial charge in [0.25, 0.3) is 0 Å². The number of amides is 2. The highest BCUT2D eigenvalue weighted by Crippen LogP contribution is 2.92. The van der Waals surface area contributed by atoms with Crippen molar-refractivity contribution in [3.05, 3.63) is 33.5 Å². The largest absolute Gasteiger partial charge is 0.444 e. The van der Waals surface area contributed by atoms with Crippen molar-refractivity contribution in [3.63, 3.8) is 0 Å². The van der Waals surface area contributed by atoms with Crippen molar-refractivity contribution in [2.75, 3.05) is 6.61 Å². The van der Waals surface area contributed by atoms with Crippen LogP contribution in [0.15, 0.2) is 33.5 Å². The standard InChI is InChI=1S/C15H26INO2.C14H27NO3.H9P7.H8P6/c1-7-8-11(2)13(12(3)9-10-16)17-14(18)19-15(4,5)6;1-7-8-10(2)12(11(3)9-16)15-13(17)18-14(4,5)6;1-5-7(4)6(2)3;1-5(2)6(3)4/h8-10,12-13H,7H2,1-6H3,(H,17,18);8,11-12,16H,7,9H2,1-6H3,(H,15,17);5H,1-4H2;1-4H2/b10-9+,11-8+;10-8+;;/t12-,13+;11-,12+;;/m00../s1. The highest BCUT2D eigenvalue weighted by atomic mass is 127. The average molecular weight is 1060 g/mol. The second kappa shape index (κ2) is 35.0. The molecule has 10 unspecified atom stereocenters. The molecule has 14 atom stereocenters. The maximum Gasteiger partial charge on any atom is 0.408 e. The van der Waals surface area contributed by atoms with E-state index in [0.29, 0.717) is 0 Å². The lowest BCUT2D eigenvalue weighted by molar-refractivity contribution is 0.0482. The topological polar surface area (TPSA) is 96.9 Å². The van der Waals surface area contributed by atoms with Crippen LogP contribution in [0.2, 0.25) is 0 Å². The molecule has 298 valence electrons. The third-order valence-corrected chi connectivity index (χ3v) is 58.0. The van der Waals surface area contributed by atoms with Crippen LogP contribution in [0.5, 0.6) is 0 Å². The molecule has 0 heterocycles. The molecule has 0 spiro atoms. The fraction of sp³-hybridized carbons (Fsp3) is 0.724. The summed E-state index contributed by atoms with van der Waals surface area (Å²) in [5.41, 5.74) is 1.22. The smallest absolute Gasteiger partial charge is 0.408 e. The van der Waals surface area contributed by atoms with Crippen molar-refractivity contribution in [3.8, 4) is 0 Å². The first kappa shape index (κ1) is 60.7. The van der Waals surface area contributed by atoms with Gasteiger partial charge in [0.2, 0.25) is 0 Å². The van der Waals surface area contributed by atoms with Crippen LogP contribution in [0, 0.1) is 11.8 Å². The lowest BCUT2D eigenvalue weighted by atomic mass is 9.95. The molecule has 0 aliphatic rings. The second-order valence-electron chi connectivity index (χ2n) is 12.9. The summed E-state index contributed by atoms with van der Waals surface area (Å²) in [4.78, 5) is 23.7. The van der Waals surface area contributed by atoms with Crippen molar-refractivity contribution < 1.29 is 24.2 Å². The zero-order valence-corrected chi connectivity index (χ0v) is 48.1. The molecular formula is C29H70IN2O5P13. The fourth-order valence-corrected chi connectivity index (χ4v) is 20.3. The summed E-state index contributed by atoms with van der Waals surface area (Å²) in [7, 11) is 23.6. The van der Waals surface area contributed by atoms with E-state index in [4.69, 9.17) is 9.47 Å². The number of ether oxygens (including phenoxy) is 2. The molecule has 50 heavy (non-hydrogen) atoms. The van der Waals surface area contributed by atoms with Crippen molar-refractivity contribution in [1.29, 1.82) is 0 Å². The number of halogens is 1. The SMILES string of the molecule is CC/C=C(\C)[C@@H](NC(=O)OC(C)(C)C)[C@@H](C)/C=C/I.CC/C=C(\C)[C@@H](NC(=O)OC(C)(C)C)[C@@H](C)CO.PP(P)P(P)P.PPP(P)P(P)P. The van der Waals surface area contributed by atoms with E-state index in [1.165, 1.54) is 0 Å². The van der Waals surface area contributed by atoms with Crippen molar-refractivity contribution >= 4 is 142 Å². The van der Waals surface area contributed by atoms with E-state index < -0.39 is 17.3 Å². The molecule has 0 saturated heterocycles. The van der Waals surface area contributed by atoms with Crippen LogP contribution in [-0.4, -0.2) is 47.2 Å². The number of hydrogen-bond acceptors (Lipinski definition) is 5. The Morgan fingerprint density at radius 2 is 1.14 bits per heavy atom. The molecule has 0 aromatic rings. The molecule has 0 rings (SSSR count). The molecule has 0 aliphatic carbocycles. The maximum absolute atomic E-state index is 11.9. The monoisotopic (exact) mass is 1060 g/mol. The number of aliphatic hydroxyl groups excluding tert-OH is 1. The summed E-state index contributed by atoms with van der Waals surface area (Å²) < 4.78 is 12.5. The zero-order chi connectivity index (χ0) is 40.4. The van der Waals surface area contributed by atoms with E-state index in [-0.39, 0.29) is 64.6 Å². The Morgan fingerprint density at radius 1 is 0.780 bits per heavy atom. The summed E-state index contributed by atoms with van der Waals surface area (Å²) in [6, 6.07) is -0.217. The number of nitrogens with one attached hydrogen (secondary N) is 2. The Bertz CT molecular complexity index is 990. The minimum absolute atomic E-state index is 0.0232. The summed E-state index contributed by atoms with van der Waals surface area (Å²) in [6.45, 7) is 24.0. The van der Waals surface area contributed by atoms with Gasteiger partial charge in [0.15, 0.2) is 0 Å². The van der Waals surface area contributed by atoms with E-state index in [1.54, 1.807) is 0 Å². The average Bonchev–Trinajstić information content (AvgIpc) is 2.97. The summed E-state index contributed by atoms with van der Waals surface area (Å²) in [5.74, 6) is 0.188. The molecule has 0 aromatic carbocycles. The number of carbonyl (C=O) groups excluding carboxylic acids is 2. The molecule has 0 bridgehead atoms. The third-order valence-electron chi connectivity index (χ3n) is 5.78. The third kappa shape index (κ3) is 38.9. The van der Waals surface area contributed by atoms with Crippen LogP contribution in [0.4, 0.5) is 9.59 Å². The molecular weight excluding hydrogens is 986 g/mol. The van der Waals surface area contributed by atoms with Crippen LogP contribution >= 0.6 is 130 Å². The van der Waals surface area contributed by atoms with Gasteiger partial charge in [-0.25, -0.2) is 9.59 Å². The molecule has 0 saturated carbocycles. The second-order valence-corrected chi connectivity index (χ2v) is 55.6. The number of aliphatic hydroxyl groups is 1. The number of allylic oxidation sites excluding steroid dienone is 2. The lowest BCUT2D eigenvalue weighted by Gasteiger charge is -2.27. The van der Waals surface area contributed by atoms with Crippen LogP contribution in [0.1, 0.15) is 95.9 Å². The van der Waals surface area contributed by atoms with Crippen molar-refractivity contribution in [1.82, 2.24) is 10.6 Å². The number of carbonyl (C=O) groups is 2. The Labute approximate surface area is 345 Å². The Balaban J connectivity index is -0.000000314. The lowest BCUT2D eigenvalue weighted by Crippen LogP contribution is -2.44. The van der Waals surface area contributed by atoms with E-state index in [0.717, 1.165) is 31.9 Å². The Hall–Kier alpha value is 4.04. The van der Waals surface area contributed by atoms with Crippen molar-refractivity contribution in [2.45, 2.75) is 119 Å². The normalized spacial score (nSPS) is 15.6. The van der Waals surface area contributed by atoms with Gasteiger partial charge in [-0.3, -0.25) is 0 Å². The molecule has 3 N–H and O–H groups in total. The minimum atomic E-state index is -0.514. The van der Waals surface area contributed by atoms with Gasteiger partial charge in [-0.15, -0.1) is 71.4 Å². The summed E-state index contributed by atoms with van der Waals surface area (Å²) in [6.07, 6.45) is 7.31. The maximum atomic E-state index is 11.9. The Morgan fingerprint density at radius 3 is 1.38 bits per heavy atom. The van der Waals surface area contributed by atoms with Gasteiger partial charge >= 0.3 is 12.2 Å². The van der Waals surface area contributed by atoms with E-state index >= 15 is 0 Å². The molecule has 0 aromatic heterocycles. The van der Waals surface area contributed by atoms with Crippen molar-refractivity contribution in [2.24, 2.45) is 11.8 Å². The molecule has 0 fully saturated rings. The summed E-state index contributed by atoms with van der Waals surface area (Å²) >= 11 is 2.19. The minimum Gasteiger partial charge on any atom is -0.444 e. The van der Waals surface area contributed by atoms with E-state index in [1.807, 2.05) is 79.4 Å². The van der Waals surface area contributed by atoms with E-state index in [9.17, 15) is 14.7 Å². The molecule has 2 amide bonds. The summed E-state index contributed by atoms with van der Waals surface area (Å²) in [5, 5.41) is 15.0. The zero-order valence-electron chi connectivity index (χ0n) is 32.1. The van der Waals surface area contributed by atoms with Gasteiger partial charge in [-0.1, -0.05) is 87.6 Å². The van der Waals surface area contributed by atoms with Gasteiger partial charge in [0, 0.05) is 12.5 Å². The highest BCUT2D eigenvalue weighted by molar-refractivity contribution is 14.1. The number of hydrogen-bond donors (Lipinski definition) is 3. The van der Waals surface area contributed by atoms with Gasteiger partial charge in [-0.05, 0) is 106 Å². The number of alkyl carbamates (subject to hydrolysis) is 2.